The zero-order chi connectivity index (χ0) is 26.3. The third kappa shape index (κ3) is 15.0. The second kappa shape index (κ2) is 23.0. The average Bonchev–Trinajstić information content (AvgIpc) is 3.27. The van der Waals surface area contributed by atoms with Crippen LogP contribution >= 0.6 is 0 Å². The molecule has 1 aliphatic carbocycles. The van der Waals surface area contributed by atoms with Gasteiger partial charge in [-0.15, -0.1) is 0 Å². The van der Waals surface area contributed by atoms with E-state index in [0.717, 1.165) is 6.42 Å². The van der Waals surface area contributed by atoms with Crippen molar-refractivity contribution in [2.24, 2.45) is 5.41 Å². The van der Waals surface area contributed by atoms with Crippen molar-refractivity contribution >= 4 is 13.3 Å². The Morgan fingerprint density at radius 3 is 1.49 bits per heavy atom. The molecule has 0 N–H and O–H groups in total. The fraction of sp³-hybridized carbons (Fsp3) is 0.706. The van der Waals surface area contributed by atoms with E-state index in [1.807, 2.05) is 0 Å². The predicted molar refractivity (Wildman–Crippen MR) is 161 cm³/mol. The summed E-state index contributed by atoms with van der Waals surface area (Å²) in [5, 5.41) is 3.42. The van der Waals surface area contributed by atoms with Crippen LogP contribution in [0.2, 0.25) is 12.6 Å². The molecule has 0 nitrogen and oxygen atoms in total. The van der Waals surface area contributed by atoms with Crippen LogP contribution in [-0.4, -0.2) is 8.07 Å². The molecule has 2 rings (SSSR count). The van der Waals surface area contributed by atoms with Gasteiger partial charge in [0.1, 0.15) is 0 Å². The van der Waals surface area contributed by atoms with Gasteiger partial charge in [0.2, 0.25) is 0 Å². The number of benzene rings is 1. The van der Waals surface area contributed by atoms with Crippen molar-refractivity contribution in [3.8, 4) is 0 Å². The van der Waals surface area contributed by atoms with E-state index < -0.39 is 8.07 Å². The molecule has 0 amide bonds. The van der Waals surface area contributed by atoms with E-state index in [9.17, 15) is 0 Å². The second-order valence-electron chi connectivity index (χ2n) is 12.7. The summed E-state index contributed by atoms with van der Waals surface area (Å²) in [5.41, 5.74) is 1.89. The van der Waals surface area contributed by atoms with E-state index in [-0.39, 0.29) is 42.6 Å². The molecule has 0 saturated heterocycles. The van der Waals surface area contributed by atoms with Crippen molar-refractivity contribution in [1.82, 2.24) is 0 Å². The molecule has 1 unspecified atom stereocenters. The molecule has 0 spiro atoms. The van der Waals surface area contributed by atoms with Crippen LogP contribution in [-0.2, 0) is 20.4 Å². The summed E-state index contributed by atoms with van der Waals surface area (Å²) in [6, 6.07) is 13.0. The third-order valence-electron chi connectivity index (χ3n) is 8.38. The Bertz CT molecular complexity index is 800. The fourth-order valence-electron chi connectivity index (χ4n) is 6.13. The summed E-state index contributed by atoms with van der Waals surface area (Å²) in [6.07, 6.45) is 26.8. The van der Waals surface area contributed by atoms with E-state index >= 15 is 0 Å². The van der Waals surface area contributed by atoms with Gasteiger partial charge in [-0.25, -0.2) is 0 Å². The first kappa shape index (κ1) is 41.6. The van der Waals surface area contributed by atoms with E-state index in [1.165, 1.54) is 109 Å². The van der Waals surface area contributed by atoms with Crippen LogP contribution in [0.5, 0.6) is 0 Å². The average molecular weight is 648 g/mol. The normalized spacial score (nSPS) is 14.7. The standard InChI is InChI=1S/C34H57Si.3ClH.Ti/c1-6-7-8-9-10-11-12-13-14-15-16-17-18-19-20-24-30-35(5,31-26-22-21-23-27-31)33-29-25-28-32(33)34(2,3)4;;;;/h21-23,26-28H,6-20,24-25,30H2,1-5H3;3*1H;/q;;;;+3/p-3. The molecule has 0 bridgehead atoms. The first-order valence-corrected chi connectivity index (χ1v) is 19.0. The molecule has 5 heteroatoms. The molecule has 1 aromatic rings. The molecular weight excluding hydrogens is 591 g/mol. The number of halogens is 3. The van der Waals surface area contributed by atoms with Gasteiger partial charge in [0, 0.05) is 0 Å². The van der Waals surface area contributed by atoms with Gasteiger partial charge in [-0.1, -0.05) is 58.3 Å². The Hall–Kier alpha value is 0.501. The van der Waals surface area contributed by atoms with Crippen LogP contribution < -0.4 is 42.4 Å². The van der Waals surface area contributed by atoms with Crippen LogP contribution in [0.1, 0.15) is 137 Å². The summed E-state index contributed by atoms with van der Waals surface area (Å²) < 4.78 is 1.65. The van der Waals surface area contributed by atoms with Gasteiger partial charge in [-0.05, 0) is 0 Å². The Kier molecular flexibility index (Phi) is 24.6. The molecule has 1 aliphatic rings. The molecule has 39 heavy (non-hydrogen) atoms. The van der Waals surface area contributed by atoms with E-state index in [1.54, 1.807) is 19.8 Å². The topological polar surface area (TPSA) is 0 Å². The maximum atomic E-state index is 2.66. The van der Waals surface area contributed by atoms with Gasteiger partial charge in [0.25, 0.3) is 0 Å². The molecule has 0 saturated carbocycles. The summed E-state index contributed by atoms with van der Waals surface area (Å²) in [7, 11) is -1.72. The van der Waals surface area contributed by atoms with E-state index in [0.29, 0.717) is 0 Å². The number of allylic oxidation sites excluding steroid dienone is 4. The maximum Gasteiger partial charge on any atom is -1.00 e. The zero-order valence-corrected chi connectivity index (χ0v) is 30.7. The fourth-order valence-corrected chi connectivity index (χ4v) is 12.3. The van der Waals surface area contributed by atoms with Crippen molar-refractivity contribution in [1.29, 1.82) is 0 Å². The molecule has 0 aliphatic heterocycles. The number of hydrogen-bond acceptors (Lipinski definition) is 0. The smallest absolute Gasteiger partial charge is 1.00 e. The Morgan fingerprint density at radius 2 is 1.08 bits per heavy atom. The van der Waals surface area contributed by atoms with Crippen LogP contribution in [0, 0.1) is 5.41 Å². The van der Waals surface area contributed by atoms with Crippen LogP contribution in [0.3, 0.4) is 0 Å². The molecular formula is C34H57Cl3SiTi. The third-order valence-corrected chi connectivity index (χ3v) is 14.1. The largest absolute Gasteiger partial charge is 1.00 e. The molecule has 1 atom stereocenters. The van der Waals surface area contributed by atoms with Crippen LogP contribution in [0.4, 0.5) is 0 Å². The Balaban J connectivity index is 0. The molecule has 0 fully saturated rings. The minimum Gasteiger partial charge on any atom is -1.00 e. The quantitative estimate of drug-likeness (QED) is 0.159. The van der Waals surface area contributed by atoms with Gasteiger partial charge >= 0.3 is 181 Å². The minimum absolute atomic E-state index is 0. The van der Waals surface area contributed by atoms with Gasteiger partial charge in [-0.2, -0.15) is 0 Å². The predicted octanol–water partition coefficient (Wildman–Crippen LogP) is 1.96. The molecule has 0 heterocycles. The summed E-state index contributed by atoms with van der Waals surface area (Å²) in [4.78, 5) is 0. The monoisotopic (exact) mass is 646 g/mol. The van der Waals surface area contributed by atoms with Crippen molar-refractivity contribution in [3.63, 3.8) is 0 Å². The molecule has 1 aromatic carbocycles. The molecule has 222 valence electrons. The zero-order valence-electron chi connectivity index (χ0n) is 25.8. The second-order valence-corrected chi connectivity index (χ2v) is 17.9. The first-order chi connectivity index (χ1) is 17.3. The first-order valence-electron chi connectivity index (χ1n) is 15.5. The number of hydrogen-bond donors (Lipinski definition) is 0. The van der Waals surface area contributed by atoms with Crippen molar-refractivity contribution < 1.29 is 57.7 Å². The van der Waals surface area contributed by atoms with E-state index in [4.69, 9.17) is 0 Å². The van der Waals surface area contributed by atoms with Crippen molar-refractivity contribution in [2.75, 3.05) is 0 Å². The minimum atomic E-state index is -1.72. The van der Waals surface area contributed by atoms with Gasteiger partial charge < -0.3 is 37.2 Å². The molecule has 0 radical (unpaired) electrons. The Labute approximate surface area is 275 Å². The van der Waals surface area contributed by atoms with Crippen LogP contribution in [0.25, 0.3) is 0 Å². The van der Waals surface area contributed by atoms with E-state index in [2.05, 4.69) is 91.1 Å². The number of rotatable bonds is 19. The van der Waals surface area contributed by atoms with Gasteiger partial charge in [0.05, 0.1) is 0 Å². The SMILES string of the molecule is CCCCCCCCCCCCCCCCCC[Si](C)(C1=[C]([Ti+3])CC=C1C(C)(C)C)c1ccccc1.[Cl-].[Cl-].[Cl-]. The van der Waals surface area contributed by atoms with Crippen molar-refractivity contribution in [3.05, 3.63) is 51.1 Å². The van der Waals surface area contributed by atoms with Gasteiger partial charge in [-0.3, -0.25) is 0 Å². The van der Waals surface area contributed by atoms with Gasteiger partial charge in [0.15, 0.2) is 0 Å². The summed E-state index contributed by atoms with van der Waals surface area (Å²) in [6.45, 7) is 12.2. The summed E-state index contributed by atoms with van der Waals surface area (Å²) in [5.74, 6) is 0. The molecule has 0 aromatic heterocycles. The number of unbranched alkanes of at least 4 members (excludes halogenated alkanes) is 15. The maximum absolute atomic E-state index is 2.66. The van der Waals surface area contributed by atoms with Crippen LogP contribution in [0.15, 0.2) is 51.1 Å². The summed E-state index contributed by atoms with van der Waals surface area (Å²) >= 11 is 2.41. The Morgan fingerprint density at radius 1 is 0.667 bits per heavy atom. The van der Waals surface area contributed by atoms with Crippen molar-refractivity contribution in [2.45, 2.75) is 149 Å².